The number of benzene rings is 1. The first-order chi connectivity index (χ1) is 13.3. The van der Waals surface area contributed by atoms with Gasteiger partial charge in [0.25, 0.3) is 0 Å². The van der Waals surface area contributed by atoms with E-state index in [0.717, 1.165) is 12.0 Å². The van der Waals surface area contributed by atoms with E-state index in [-0.39, 0.29) is 11.7 Å². The first kappa shape index (κ1) is 20.5. The first-order valence-electron chi connectivity index (χ1n) is 8.76. The van der Waals surface area contributed by atoms with Crippen LogP contribution in [0.2, 0.25) is 0 Å². The van der Waals surface area contributed by atoms with Gasteiger partial charge in [0.05, 0.1) is 22.8 Å². The normalized spacial score (nSPS) is 14.4. The summed E-state index contributed by atoms with van der Waals surface area (Å²) in [6.07, 6.45) is 2.76. The lowest BCUT2D eigenvalue weighted by Crippen LogP contribution is -2.28. The number of halogens is 1. The van der Waals surface area contributed by atoms with E-state index in [9.17, 15) is 18.0 Å². The highest BCUT2D eigenvalue weighted by Crippen LogP contribution is 2.29. The van der Waals surface area contributed by atoms with E-state index >= 15 is 0 Å². The van der Waals surface area contributed by atoms with Gasteiger partial charge >= 0.3 is 0 Å². The maximum atomic E-state index is 12.5. The summed E-state index contributed by atoms with van der Waals surface area (Å²) in [6, 6.07) is 8.66. The van der Waals surface area contributed by atoms with Crippen LogP contribution in [0.25, 0.3) is 0 Å². The zero-order valence-corrected chi connectivity index (χ0v) is 17.7. The Labute approximate surface area is 172 Å². The van der Waals surface area contributed by atoms with Crippen molar-refractivity contribution in [1.29, 1.82) is 0 Å². The molecule has 1 aromatic heterocycles. The Morgan fingerprint density at radius 1 is 1.29 bits per heavy atom. The Morgan fingerprint density at radius 2 is 2.04 bits per heavy atom. The zero-order valence-electron chi connectivity index (χ0n) is 15.3. The molecular formula is C19H20BrN3O4S. The van der Waals surface area contributed by atoms with Gasteiger partial charge in [-0.2, -0.15) is 0 Å². The van der Waals surface area contributed by atoms with Gasteiger partial charge in [-0.1, -0.05) is 12.1 Å². The van der Waals surface area contributed by atoms with Crippen LogP contribution < -0.4 is 10.2 Å². The number of aryl methyl sites for hydroxylation is 1. The van der Waals surface area contributed by atoms with Crippen LogP contribution in [0.15, 0.2) is 41.0 Å². The Kier molecular flexibility index (Phi) is 6.14. The molecule has 28 heavy (non-hydrogen) atoms. The highest BCUT2D eigenvalue weighted by atomic mass is 79.9. The fourth-order valence-electron chi connectivity index (χ4n) is 3.06. The predicted octanol–water partition coefficient (Wildman–Crippen LogP) is 2.83. The van der Waals surface area contributed by atoms with Gasteiger partial charge in [-0.15, -0.1) is 0 Å². The largest absolute Gasteiger partial charge is 0.323 e. The molecule has 1 aromatic carbocycles. The molecule has 0 aliphatic carbocycles. The highest BCUT2D eigenvalue weighted by molar-refractivity contribution is 9.10. The number of para-hydroxylation sites is 2. The molecule has 7 nitrogen and oxygen atoms in total. The molecule has 1 N–H and O–H groups in total. The van der Waals surface area contributed by atoms with Crippen molar-refractivity contribution in [3.8, 4) is 0 Å². The van der Waals surface area contributed by atoms with Gasteiger partial charge in [0.1, 0.15) is 5.75 Å². The third kappa shape index (κ3) is 4.77. The average Bonchev–Trinajstić information content (AvgIpc) is 3.04. The lowest BCUT2D eigenvalue weighted by atomic mass is 10.2. The molecule has 2 amide bonds. The average molecular weight is 466 g/mol. The molecule has 2 heterocycles. The van der Waals surface area contributed by atoms with Gasteiger partial charge in [-0.05, 0) is 53.0 Å². The van der Waals surface area contributed by atoms with Crippen LogP contribution in [0.4, 0.5) is 11.4 Å². The number of sulfone groups is 1. The number of hydrogen-bond donors (Lipinski definition) is 1. The number of nitrogens with one attached hydrogen (secondary N) is 1. The Morgan fingerprint density at radius 3 is 2.75 bits per heavy atom. The summed E-state index contributed by atoms with van der Waals surface area (Å²) in [5.41, 5.74) is 2.25. The van der Waals surface area contributed by atoms with Crippen molar-refractivity contribution >= 4 is 49.0 Å². The van der Waals surface area contributed by atoms with E-state index in [1.807, 2.05) is 6.92 Å². The van der Waals surface area contributed by atoms with Crippen molar-refractivity contribution in [2.24, 2.45) is 0 Å². The highest BCUT2D eigenvalue weighted by Gasteiger charge is 2.25. The molecule has 1 fully saturated rings. The minimum atomic E-state index is -3.72. The predicted molar refractivity (Wildman–Crippen MR) is 111 cm³/mol. The summed E-state index contributed by atoms with van der Waals surface area (Å²) >= 11 is 3.34. The number of rotatable bonds is 6. The van der Waals surface area contributed by atoms with Crippen molar-refractivity contribution in [3.05, 3.63) is 52.3 Å². The van der Waals surface area contributed by atoms with E-state index in [1.165, 1.54) is 6.20 Å². The second kappa shape index (κ2) is 8.40. The maximum absolute atomic E-state index is 12.5. The SMILES string of the molecule is Cc1ccnc(CS(=O)(=O)CC(=O)Nc2ccccc2N2CCCC2=O)c1Br. The standard InChI is InChI=1S/C19H20BrN3O4S/c1-13-8-9-21-15(19(13)20)11-28(26,27)12-17(24)22-14-5-2-3-6-16(14)23-10-4-7-18(23)25/h2-3,5-6,8-9H,4,7,10-12H2,1H3,(H,22,24). The van der Waals surface area contributed by atoms with Crippen LogP contribution in [0.5, 0.6) is 0 Å². The molecular weight excluding hydrogens is 446 g/mol. The van der Waals surface area contributed by atoms with Crippen molar-refractivity contribution in [2.45, 2.75) is 25.5 Å². The summed E-state index contributed by atoms with van der Waals surface area (Å²) in [7, 11) is -3.72. The monoisotopic (exact) mass is 465 g/mol. The molecule has 1 saturated heterocycles. The second-order valence-electron chi connectivity index (χ2n) is 6.64. The van der Waals surface area contributed by atoms with Crippen molar-refractivity contribution in [1.82, 2.24) is 4.98 Å². The van der Waals surface area contributed by atoms with Crippen LogP contribution in [0.1, 0.15) is 24.1 Å². The number of amides is 2. The van der Waals surface area contributed by atoms with Gasteiger partial charge in [-0.25, -0.2) is 8.42 Å². The van der Waals surface area contributed by atoms with E-state index in [1.54, 1.807) is 35.2 Å². The number of carbonyl (C=O) groups excluding carboxylic acids is 2. The van der Waals surface area contributed by atoms with Gasteiger partial charge in [0.2, 0.25) is 11.8 Å². The number of pyridine rings is 1. The molecule has 0 atom stereocenters. The summed E-state index contributed by atoms with van der Waals surface area (Å²) in [5.74, 6) is -1.67. The number of anilines is 2. The van der Waals surface area contributed by atoms with E-state index < -0.39 is 21.5 Å². The van der Waals surface area contributed by atoms with Crippen LogP contribution in [-0.4, -0.2) is 37.5 Å². The quantitative estimate of drug-likeness (QED) is 0.707. The third-order valence-electron chi connectivity index (χ3n) is 4.40. The molecule has 0 bridgehead atoms. The van der Waals surface area contributed by atoms with Crippen molar-refractivity contribution in [3.63, 3.8) is 0 Å². The number of hydrogen-bond acceptors (Lipinski definition) is 5. The molecule has 3 rings (SSSR count). The van der Waals surface area contributed by atoms with Crippen LogP contribution >= 0.6 is 15.9 Å². The second-order valence-corrected chi connectivity index (χ2v) is 9.49. The topological polar surface area (TPSA) is 96.4 Å². The van der Waals surface area contributed by atoms with Crippen LogP contribution in [0, 0.1) is 6.92 Å². The molecule has 148 valence electrons. The molecule has 1 aliphatic heterocycles. The molecule has 0 radical (unpaired) electrons. The minimum absolute atomic E-state index is 0.00954. The Hall–Kier alpha value is -2.26. The first-order valence-corrected chi connectivity index (χ1v) is 11.4. The molecule has 0 saturated carbocycles. The summed E-state index contributed by atoms with van der Waals surface area (Å²) in [6.45, 7) is 2.42. The molecule has 0 unspecified atom stereocenters. The number of nitrogens with zero attached hydrogens (tertiary/aromatic N) is 2. The number of carbonyl (C=O) groups is 2. The molecule has 1 aliphatic rings. The van der Waals surface area contributed by atoms with E-state index in [4.69, 9.17) is 0 Å². The fourth-order valence-corrected chi connectivity index (χ4v) is 4.83. The van der Waals surface area contributed by atoms with Gasteiger partial charge in [-0.3, -0.25) is 14.6 Å². The van der Waals surface area contributed by atoms with Crippen molar-refractivity contribution < 1.29 is 18.0 Å². The van der Waals surface area contributed by atoms with Crippen LogP contribution in [0.3, 0.4) is 0 Å². The molecule has 2 aromatic rings. The van der Waals surface area contributed by atoms with Gasteiger partial charge < -0.3 is 10.2 Å². The maximum Gasteiger partial charge on any atom is 0.239 e. The lowest BCUT2D eigenvalue weighted by Gasteiger charge is -2.20. The molecule has 9 heteroatoms. The third-order valence-corrected chi connectivity index (χ3v) is 6.90. The summed E-state index contributed by atoms with van der Waals surface area (Å²) in [5, 5.41) is 2.63. The fraction of sp³-hybridized carbons (Fsp3) is 0.316. The van der Waals surface area contributed by atoms with E-state index in [2.05, 4.69) is 26.2 Å². The lowest BCUT2D eigenvalue weighted by molar-refractivity contribution is -0.117. The smallest absolute Gasteiger partial charge is 0.239 e. The van der Waals surface area contributed by atoms with Crippen molar-refractivity contribution in [2.75, 3.05) is 22.5 Å². The minimum Gasteiger partial charge on any atom is -0.323 e. The summed E-state index contributed by atoms with van der Waals surface area (Å²) in [4.78, 5) is 30.1. The van der Waals surface area contributed by atoms with Gasteiger partial charge in [0.15, 0.2) is 9.84 Å². The Bertz CT molecular complexity index is 1020. The van der Waals surface area contributed by atoms with Crippen LogP contribution in [-0.2, 0) is 25.2 Å². The molecule has 0 spiro atoms. The number of aromatic nitrogens is 1. The zero-order chi connectivity index (χ0) is 20.3. The summed E-state index contributed by atoms with van der Waals surface area (Å²) < 4.78 is 25.6. The van der Waals surface area contributed by atoms with Gasteiger partial charge in [0, 0.05) is 23.6 Å². The van der Waals surface area contributed by atoms with E-state index in [0.29, 0.717) is 34.5 Å². The Balaban J connectivity index is 1.72.